The second-order valence-electron chi connectivity index (χ2n) is 2.17. The van der Waals surface area contributed by atoms with Gasteiger partial charge in [-0.3, -0.25) is 0 Å². The average molecular weight is 161 g/mol. The number of rotatable bonds is 4. The van der Waals surface area contributed by atoms with Crippen LogP contribution in [-0.2, 0) is 0 Å². The molecule has 0 fully saturated rings. The van der Waals surface area contributed by atoms with E-state index in [0.717, 1.165) is 0 Å². The fourth-order valence-corrected chi connectivity index (χ4v) is 0.597. The minimum Gasteiger partial charge on any atom is -0.498 e. The third-order valence-electron chi connectivity index (χ3n) is 1.41. The van der Waals surface area contributed by atoms with E-state index in [1.54, 1.807) is 0 Å². The van der Waals surface area contributed by atoms with Crippen LogP contribution in [0.15, 0.2) is 12.7 Å². The second kappa shape index (κ2) is 4.07. The largest absolute Gasteiger partial charge is 0.498 e. The Labute approximate surface area is 64.4 Å². The topological polar surface area (TPSA) is 80.6 Å². The van der Waals surface area contributed by atoms with Gasteiger partial charge in [0.1, 0.15) is 6.54 Å². The Morgan fingerprint density at radius 2 is 2.00 bits per heavy atom. The maximum Gasteiger partial charge on any atom is 0.261 e. The summed E-state index contributed by atoms with van der Waals surface area (Å²) in [6.45, 7) is 1.83. The van der Waals surface area contributed by atoms with Crippen LogP contribution in [0.1, 0.15) is 0 Å². The van der Waals surface area contributed by atoms with Gasteiger partial charge in [0, 0.05) is 0 Å². The van der Waals surface area contributed by atoms with Crippen LogP contribution < -0.4 is 5.11 Å². The Kier molecular flexibility index (Phi) is 3.73. The summed E-state index contributed by atoms with van der Waals surface area (Å²) in [7, 11) is 0. The third kappa shape index (κ3) is 2.01. The van der Waals surface area contributed by atoms with E-state index in [0.29, 0.717) is 0 Å². The van der Waals surface area contributed by atoms with Crippen LogP contribution in [0.4, 0.5) is 4.79 Å². The maximum absolute atomic E-state index is 10.4. The minimum absolute atomic E-state index is 0.0602. The lowest BCUT2D eigenvalue weighted by molar-refractivity contribution is -0.905. The van der Waals surface area contributed by atoms with Gasteiger partial charge >= 0.3 is 0 Å². The first-order chi connectivity index (χ1) is 5.13. The molecule has 1 amide bonds. The van der Waals surface area contributed by atoms with Crippen LogP contribution in [-0.4, -0.2) is 40.8 Å². The van der Waals surface area contributed by atoms with Crippen molar-refractivity contribution in [3.8, 4) is 0 Å². The molecule has 0 aliphatic heterocycles. The van der Waals surface area contributed by atoms with Crippen molar-refractivity contribution in [1.29, 1.82) is 0 Å². The number of hydrogen-bond acceptors (Lipinski definition) is 4. The molecule has 0 atom stereocenters. The normalized spacial score (nSPS) is 11.1. The molecule has 0 aromatic heterocycles. The number of carboxylic acid groups (broad SMARTS) is 1. The summed E-state index contributed by atoms with van der Waals surface area (Å²) < 4.78 is -0.913. The lowest BCUT2D eigenvalue weighted by Gasteiger charge is -2.31. The van der Waals surface area contributed by atoms with E-state index in [9.17, 15) is 9.90 Å². The number of carbonyl (C=O) groups is 1. The van der Waals surface area contributed by atoms with Crippen molar-refractivity contribution >= 4 is 6.09 Å². The maximum atomic E-state index is 10.4. The van der Waals surface area contributed by atoms with Crippen LogP contribution in [0.25, 0.3) is 0 Å². The van der Waals surface area contributed by atoms with E-state index in [1.807, 2.05) is 0 Å². The fourth-order valence-electron chi connectivity index (χ4n) is 0.597. The van der Waals surface area contributed by atoms with Gasteiger partial charge in [0.05, 0.1) is 0 Å². The monoisotopic (exact) mass is 161 g/mol. The Balaban J connectivity index is 4.45. The predicted octanol–water partition coefficient (Wildman–Crippen LogP) is -1.77. The zero-order chi connectivity index (χ0) is 8.91. The molecule has 0 aromatic rings. The molecule has 0 saturated carbocycles. The number of carbonyl (C=O) groups excluding carboxylic acids is 1. The molecule has 0 bridgehead atoms. The fraction of sp³-hybridized carbons (Fsp3) is 0.500. The lowest BCUT2D eigenvalue weighted by atomic mass is 10.5. The smallest absolute Gasteiger partial charge is 0.261 e. The highest BCUT2D eigenvalue weighted by Crippen LogP contribution is 2.02. The zero-order valence-corrected chi connectivity index (χ0v) is 6.06. The molecule has 0 spiro atoms. The molecule has 5 nitrogen and oxygen atoms in total. The van der Waals surface area contributed by atoms with Crippen molar-refractivity contribution < 1.29 is 24.6 Å². The lowest BCUT2D eigenvalue weighted by Crippen LogP contribution is -2.59. The SMILES string of the molecule is C=CC[N+](CO)(CO)C(=O)[O-]. The number of nitrogens with zero attached hydrogens (tertiary/aromatic N) is 1. The Morgan fingerprint density at radius 1 is 1.55 bits per heavy atom. The van der Waals surface area contributed by atoms with Crippen LogP contribution >= 0.6 is 0 Å². The Hall–Kier alpha value is -0.910. The molecule has 64 valence electrons. The molecule has 5 heteroatoms. The third-order valence-corrected chi connectivity index (χ3v) is 1.41. The van der Waals surface area contributed by atoms with Gasteiger partial charge < -0.3 is 20.1 Å². The predicted molar refractivity (Wildman–Crippen MR) is 34.9 cm³/mol. The summed E-state index contributed by atoms with van der Waals surface area (Å²) in [6, 6.07) is 0. The summed E-state index contributed by atoms with van der Waals surface area (Å²) in [5.41, 5.74) is 0. The number of hydrogen-bond donors (Lipinski definition) is 2. The average Bonchev–Trinajstić information content (AvgIpc) is 2.00. The van der Waals surface area contributed by atoms with E-state index >= 15 is 0 Å². The molecule has 0 radical (unpaired) electrons. The van der Waals surface area contributed by atoms with Crippen molar-refractivity contribution in [3.05, 3.63) is 12.7 Å². The summed E-state index contributed by atoms with van der Waals surface area (Å²) in [5.74, 6) is 0. The first-order valence-electron chi connectivity index (χ1n) is 3.03. The number of aliphatic hydroxyl groups is 2. The van der Waals surface area contributed by atoms with Gasteiger partial charge in [-0.15, -0.1) is 0 Å². The summed E-state index contributed by atoms with van der Waals surface area (Å²) in [6.07, 6.45) is -0.225. The highest BCUT2D eigenvalue weighted by atomic mass is 16.4. The minimum atomic E-state index is -1.52. The molecule has 0 aliphatic carbocycles. The molecule has 11 heavy (non-hydrogen) atoms. The van der Waals surface area contributed by atoms with Crippen molar-refractivity contribution in [2.24, 2.45) is 0 Å². The molecule has 0 saturated heterocycles. The molecule has 2 N–H and O–H groups in total. The first-order valence-corrected chi connectivity index (χ1v) is 3.03. The molecule has 0 unspecified atom stereocenters. The van der Waals surface area contributed by atoms with E-state index in [1.165, 1.54) is 6.08 Å². The van der Waals surface area contributed by atoms with Crippen LogP contribution in [0.3, 0.4) is 0 Å². The first kappa shape index (κ1) is 10.1. The van der Waals surface area contributed by atoms with Crippen LogP contribution in [0, 0.1) is 0 Å². The molecule has 0 aliphatic rings. The van der Waals surface area contributed by atoms with Gasteiger partial charge in [-0.05, 0) is 6.08 Å². The van der Waals surface area contributed by atoms with Crippen molar-refractivity contribution in [3.63, 3.8) is 0 Å². The van der Waals surface area contributed by atoms with Gasteiger partial charge in [0.2, 0.25) is 0 Å². The molecular formula is C6H11NO4. The highest BCUT2D eigenvalue weighted by Gasteiger charge is 2.26. The van der Waals surface area contributed by atoms with E-state index in [2.05, 4.69) is 6.58 Å². The number of amides is 1. The molecule has 0 heterocycles. The van der Waals surface area contributed by atoms with Crippen molar-refractivity contribution in [1.82, 2.24) is 0 Å². The van der Waals surface area contributed by atoms with Gasteiger partial charge in [0.25, 0.3) is 6.09 Å². The highest BCUT2D eigenvalue weighted by molar-refractivity contribution is 5.53. The van der Waals surface area contributed by atoms with Gasteiger partial charge in [-0.1, -0.05) is 6.58 Å². The van der Waals surface area contributed by atoms with Gasteiger partial charge in [0.15, 0.2) is 13.5 Å². The van der Waals surface area contributed by atoms with E-state index in [-0.39, 0.29) is 6.54 Å². The van der Waals surface area contributed by atoms with Crippen molar-refractivity contribution in [2.45, 2.75) is 0 Å². The van der Waals surface area contributed by atoms with Crippen molar-refractivity contribution in [2.75, 3.05) is 20.0 Å². The zero-order valence-electron chi connectivity index (χ0n) is 6.06. The van der Waals surface area contributed by atoms with Crippen LogP contribution in [0.2, 0.25) is 0 Å². The summed E-state index contributed by atoms with van der Waals surface area (Å²) in [4.78, 5) is 10.4. The summed E-state index contributed by atoms with van der Waals surface area (Å²) in [5, 5.41) is 27.6. The van der Waals surface area contributed by atoms with Gasteiger partial charge in [-0.25, -0.2) is 4.48 Å². The number of aliphatic hydroxyl groups excluding tert-OH is 2. The molecular weight excluding hydrogens is 150 g/mol. The Bertz CT molecular complexity index is 153. The number of quaternary nitrogens is 1. The second-order valence-corrected chi connectivity index (χ2v) is 2.17. The van der Waals surface area contributed by atoms with E-state index in [4.69, 9.17) is 10.2 Å². The molecule has 0 aromatic carbocycles. The molecule has 0 rings (SSSR count). The van der Waals surface area contributed by atoms with Crippen LogP contribution in [0.5, 0.6) is 0 Å². The quantitative estimate of drug-likeness (QED) is 0.290. The standard InChI is InChI=1S/C6H11NO4/c1-2-3-7(4-8,5-9)6(10)11/h2,8-9H,1,3-5H2. The summed E-state index contributed by atoms with van der Waals surface area (Å²) >= 11 is 0. The Morgan fingerprint density at radius 3 is 2.09 bits per heavy atom. The van der Waals surface area contributed by atoms with Gasteiger partial charge in [-0.2, -0.15) is 0 Å². The van der Waals surface area contributed by atoms with E-state index < -0.39 is 24.0 Å².